The Morgan fingerprint density at radius 3 is 2.23 bits per heavy atom. The summed E-state index contributed by atoms with van der Waals surface area (Å²) in [6.07, 6.45) is 0. The molecule has 1 heterocycles. The van der Waals surface area contributed by atoms with Gasteiger partial charge in [0.05, 0.1) is 27.0 Å². The van der Waals surface area contributed by atoms with Gasteiger partial charge in [0.25, 0.3) is 5.91 Å². The average Bonchev–Trinajstić information content (AvgIpc) is 2.96. The Bertz CT molecular complexity index is 647. The number of nitrogens with one attached hydrogen (secondary N) is 2. The second kappa shape index (κ2) is 6.99. The number of anilines is 1. The molecule has 2 N–H and O–H groups in total. The van der Waals surface area contributed by atoms with Gasteiger partial charge in [-0.2, -0.15) is 0 Å². The van der Waals surface area contributed by atoms with Crippen LogP contribution in [-0.4, -0.2) is 32.2 Å². The second-order valence-electron chi connectivity index (χ2n) is 4.29. The third-order valence-corrected chi connectivity index (χ3v) is 3.70. The van der Waals surface area contributed by atoms with Gasteiger partial charge in [0.15, 0.2) is 11.5 Å². The number of methoxy groups -OCH3 is 3. The summed E-state index contributed by atoms with van der Waals surface area (Å²) in [6, 6.07) is 3.15. The van der Waals surface area contributed by atoms with Gasteiger partial charge in [0, 0.05) is 10.9 Å². The first-order chi connectivity index (χ1) is 10.6. The lowest BCUT2D eigenvalue weighted by Crippen LogP contribution is -2.29. The van der Waals surface area contributed by atoms with Crippen molar-refractivity contribution in [3.05, 3.63) is 28.8 Å². The minimum absolute atomic E-state index is 0.341. The van der Waals surface area contributed by atoms with E-state index in [0.29, 0.717) is 27.9 Å². The highest BCUT2D eigenvalue weighted by Crippen LogP contribution is 2.38. The molecule has 0 unspecified atom stereocenters. The molecule has 0 radical (unpaired) electrons. The number of amides is 1. The van der Waals surface area contributed by atoms with Crippen molar-refractivity contribution in [2.45, 2.75) is 6.92 Å². The fraction of sp³-hybridized carbons (Fsp3) is 0.286. The van der Waals surface area contributed by atoms with E-state index in [1.807, 2.05) is 12.3 Å². The minimum atomic E-state index is -0.341. The highest BCUT2D eigenvalue weighted by molar-refractivity contribution is 7.13. The molecule has 8 heteroatoms. The molecule has 2 aromatic rings. The number of hydrogen-bond acceptors (Lipinski definition) is 7. The van der Waals surface area contributed by atoms with E-state index in [9.17, 15) is 4.79 Å². The number of ether oxygens (including phenoxy) is 3. The standard InChI is InChI=1S/C14H17N3O4S/c1-8-7-22-14(15-8)17-16-13(18)9-5-10(19-2)12(21-4)11(6-9)20-3/h5-7H,1-4H3,(H,15,17)(H,16,18). The van der Waals surface area contributed by atoms with Gasteiger partial charge < -0.3 is 14.2 Å². The molecule has 0 bridgehead atoms. The predicted octanol–water partition coefficient (Wildman–Crippen LogP) is 2.23. The molecule has 2 rings (SSSR count). The number of hydrazine groups is 1. The fourth-order valence-corrected chi connectivity index (χ4v) is 2.45. The zero-order chi connectivity index (χ0) is 16.1. The highest BCUT2D eigenvalue weighted by atomic mass is 32.1. The van der Waals surface area contributed by atoms with Gasteiger partial charge in [-0.1, -0.05) is 0 Å². The Balaban J connectivity index is 2.18. The van der Waals surface area contributed by atoms with Crippen LogP contribution in [0.3, 0.4) is 0 Å². The zero-order valence-corrected chi connectivity index (χ0v) is 13.5. The van der Waals surface area contributed by atoms with Gasteiger partial charge in [-0.05, 0) is 19.1 Å². The predicted molar refractivity (Wildman–Crippen MR) is 84.0 cm³/mol. The lowest BCUT2D eigenvalue weighted by molar-refractivity contribution is 0.0962. The first-order valence-corrected chi connectivity index (χ1v) is 7.25. The van der Waals surface area contributed by atoms with E-state index in [-0.39, 0.29) is 5.91 Å². The number of aromatic nitrogens is 1. The summed E-state index contributed by atoms with van der Waals surface area (Å²) >= 11 is 1.40. The van der Waals surface area contributed by atoms with Crippen molar-refractivity contribution in [2.75, 3.05) is 26.8 Å². The van der Waals surface area contributed by atoms with E-state index in [1.54, 1.807) is 12.1 Å². The van der Waals surface area contributed by atoms with Gasteiger partial charge in [-0.25, -0.2) is 4.98 Å². The van der Waals surface area contributed by atoms with E-state index >= 15 is 0 Å². The van der Waals surface area contributed by atoms with Gasteiger partial charge in [-0.3, -0.25) is 15.6 Å². The maximum Gasteiger partial charge on any atom is 0.269 e. The number of benzene rings is 1. The number of carbonyl (C=O) groups is 1. The molecule has 0 fully saturated rings. The Hall–Kier alpha value is -2.48. The summed E-state index contributed by atoms with van der Waals surface area (Å²) in [4.78, 5) is 16.4. The Morgan fingerprint density at radius 1 is 1.14 bits per heavy atom. The molecule has 22 heavy (non-hydrogen) atoms. The largest absolute Gasteiger partial charge is 0.493 e. The first kappa shape index (κ1) is 15.9. The summed E-state index contributed by atoms with van der Waals surface area (Å²) in [5.74, 6) is 0.923. The zero-order valence-electron chi connectivity index (χ0n) is 12.7. The van der Waals surface area contributed by atoms with Crippen LogP contribution < -0.4 is 25.1 Å². The molecule has 0 aliphatic heterocycles. The smallest absolute Gasteiger partial charge is 0.269 e. The van der Waals surface area contributed by atoms with Crippen molar-refractivity contribution < 1.29 is 19.0 Å². The molecule has 0 atom stereocenters. The number of nitrogens with zero attached hydrogens (tertiary/aromatic N) is 1. The number of thiazole rings is 1. The molecule has 0 aliphatic carbocycles. The normalized spacial score (nSPS) is 10.0. The molecule has 0 spiro atoms. The van der Waals surface area contributed by atoms with Crippen LogP contribution in [0.4, 0.5) is 5.13 Å². The number of hydrogen-bond donors (Lipinski definition) is 2. The Morgan fingerprint density at radius 2 is 1.77 bits per heavy atom. The van der Waals surface area contributed by atoms with Crippen molar-refractivity contribution in [1.82, 2.24) is 10.4 Å². The maximum atomic E-state index is 12.2. The lowest BCUT2D eigenvalue weighted by atomic mass is 10.1. The van der Waals surface area contributed by atoms with E-state index < -0.39 is 0 Å². The van der Waals surface area contributed by atoms with Crippen molar-refractivity contribution in [1.29, 1.82) is 0 Å². The lowest BCUT2D eigenvalue weighted by Gasteiger charge is -2.14. The first-order valence-electron chi connectivity index (χ1n) is 6.37. The molecular weight excluding hydrogens is 306 g/mol. The minimum Gasteiger partial charge on any atom is -0.493 e. The van der Waals surface area contributed by atoms with Crippen LogP contribution in [0.5, 0.6) is 17.2 Å². The van der Waals surface area contributed by atoms with Crippen LogP contribution in [-0.2, 0) is 0 Å². The number of aryl methyl sites for hydroxylation is 1. The maximum absolute atomic E-state index is 12.2. The summed E-state index contributed by atoms with van der Waals surface area (Å²) in [5, 5.41) is 2.49. The van der Waals surface area contributed by atoms with Crippen LogP contribution in [0.2, 0.25) is 0 Å². The monoisotopic (exact) mass is 323 g/mol. The summed E-state index contributed by atoms with van der Waals surface area (Å²) in [5.41, 5.74) is 6.59. The van der Waals surface area contributed by atoms with Crippen LogP contribution in [0, 0.1) is 6.92 Å². The topological polar surface area (TPSA) is 81.7 Å². The third kappa shape index (κ3) is 3.40. The second-order valence-corrected chi connectivity index (χ2v) is 5.15. The molecule has 1 aromatic carbocycles. The van der Waals surface area contributed by atoms with Crippen molar-refractivity contribution >= 4 is 22.4 Å². The quantitative estimate of drug-likeness (QED) is 0.794. The fourth-order valence-electron chi connectivity index (χ4n) is 1.81. The molecule has 7 nitrogen and oxygen atoms in total. The molecule has 118 valence electrons. The van der Waals surface area contributed by atoms with E-state index in [1.165, 1.54) is 32.7 Å². The summed E-state index contributed by atoms with van der Waals surface area (Å²) < 4.78 is 15.7. The van der Waals surface area contributed by atoms with Gasteiger partial charge in [0.1, 0.15) is 0 Å². The van der Waals surface area contributed by atoms with Crippen molar-refractivity contribution in [3.8, 4) is 17.2 Å². The van der Waals surface area contributed by atoms with E-state index in [0.717, 1.165) is 5.69 Å². The van der Waals surface area contributed by atoms with Crippen LogP contribution in [0.1, 0.15) is 16.1 Å². The Labute approximate surface area is 132 Å². The van der Waals surface area contributed by atoms with Crippen LogP contribution in [0.15, 0.2) is 17.5 Å². The molecule has 0 aliphatic rings. The molecular formula is C14H17N3O4S. The number of carbonyl (C=O) groups excluding carboxylic acids is 1. The van der Waals surface area contributed by atoms with E-state index in [4.69, 9.17) is 14.2 Å². The van der Waals surface area contributed by atoms with Crippen molar-refractivity contribution in [2.24, 2.45) is 0 Å². The molecule has 1 amide bonds. The molecule has 0 saturated carbocycles. The summed E-state index contributed by atoms with van der Waals surface area (Å²) in [7, 11) is 4.50. The molecule has 1 aromatic heterocycles. The van der Waals surface area contributed by atoms with Gasteiger partial charge >= 0.3 is 0 Å². The molecule has 0 saturated heterocycles. The average molecular weight is 323 g/mol. The highest BCUT2D eigenvalue weighted by Gasteiger charge is 2.17. The van der Waals surface area contributed by atoms with E-state index in [2.05, 4.69) is 15.8 Å². The SMILES string of the molecule is COc1cc(C(=O)NNc2nc(C)cs2)cc(OC)c1OC. The van der Waals surface area contributed by atoms with Gasteiger partial charge in [0.2, 0.25) is 10.9 Å². The third-order valence-electron chi connectivity index (χ3n) is 2.83. The summed E-state index contributed by atoms with van der Waals surface area (Å²) in [6.45, 7) is 1.88. The number of rotatable bonds is 6. The van der Waals surface area contributed by atoms with Gasteiger partial charge in [-0.15, -0.1) is 11.3 Å². The van der Waals surface area contributed by atoms with Crippen LogP contribution >= 0.6 is 11.3 Å². The Kier molecular flexibility index (Phi) is 5.05. The van der Waals surface area contributed by atoms with Crippen molar-refractivity contribution in [3.63, 3.8) is 0 Å². The van der Waals surface area contributed by atoms with Crippen LogP contribution in [0.25, 0.3) is 0 Å².